The molecule has 1 amide bonds. The molecule has 0 saturated carbocycles. The number of nitrogens with one attached hydrogen (secondary N) is 1. The Balaban J connectivity index is 0.00000182. The van der Waals surface area contributed by atoms with Crippen molar-refractivity contribution in [2.45, 2.75) is 12.8 Å². The van der Waals surface area contributed by atoms with Crippen LogP contribution in [0.3, 0.4) is 0 Å². The Hall–Kier alpha value is -1.28. The Kier molecular flexibility index (Phi) is 5.58. The van der Waals surface area contributed by atoms with Crippen LogP contribution in [0.15, 0.2) is 41.0 Å². The number of quaternary nitrogens is 2. The minimum atomic E-state index is -0.0436. The molecule has 4 rings (SSSR count). The summed E-state index contributed by atoms with van der Waals surface area (Å²) in [5.74, 6) is 0.291. The van der Waals surface area contributed by atoms with Crippen molar-refractivity contribution in [2.24, 2.45) is 11.0 Å². The fourth-order valence-electron chi connectivity index (χ4n) is 3.50. The molecule has 1 atom stereocenters. The number of amides is 1. The van der Waals surface area contributed by atoms with Gasteiger partial charge in [-0.1, -0.05) is 16.7 Å². The second-order valence-corrected chi connectivity index (χ2v) is 6.76. The highest BCUT2D eigenvalue weighted by Crippen LogP contribution is 2.31. The number of rotatable bonds is 2. The summed E-state index contributed by atoms with van der Waals surface area (Å²) in [4.78, 5) is 24.2. The lowest BCUT2D eigenvalue weighted by Gasteiger charge is -2.34. The van der Waals surface area contributed by atoms with E-state index >= 15 is 0 Å². The topological polar surface area (TPSA) is 52.3 Å². The van der Waals surface area contributed by atoms with Crippen molar-refractivity contribution in [3.63, 3.8) is 0 Å². The molecule has 6 nitrogen and oxygen atoms in total. The van der Waals surface area contributed by atoms with E-state index in [2.05, 4.69) is 5.10 Å². The number of nitrogens with zero attached hydrogens (tertiary/aromatic N) is 2. The SMILES string of the molecule is O=C1C=C(C2CC[N+]3(CC2)OCCO3)C=N[NH+]1c1ccc(Cl)cc1.[Cl-]. The van der Waals surface area contributed by atoms with E-state index in [1.807, 2.05) is 18.3 Å². The normalized spacial score (nSPS) is 25.7. The standard InChI is InChI=1S/C17H19ClN3O3.ClH/c18-15-1-3-16(4-2-15)20-17(22)11-14(12-19-20)13-5-7-21(8-6-13)23-9-10-24-21;/h1-4,11-13H,5-10H2;1H/q+1;. The first-order chi connectivity index (χ1) is 11.7. The molecule has 0 aliphatic carbocycles. The van der Waals surface area contributed by atoms with Crippen molar-refractivity contribution in [1.29, 1.82) is 0 Å². The first-order valence-corrected chi connectivity index (χ1v) is 8.62. The zero-order valence-electron chi connectivity index (χ0n) is 13.7. The predicted octanol–water partition coefficient (Wildman–Crippen LogP) is -1.58. The van der Waals surface area contributed by atoms with Gasteiger partial charge < -0.3 is 12.4 Å². The van der Waals surface area contributed by atoms with E-state index in [0.29, 0.717) is 34.0 Å². The molecule has 1 spiro atoms. The smallest absolute Gasteiger partial charge is 0.368 e. The van der Waals surface area contributed by atoms with Gasteiger partial charge in [0.1, 0.15) is 26.3 Å². The number of hydroxylamine groups is 4. The number of carbonyl (C=O) groups is 1. The largest absolute Gasteiger partial charge is 1.00 e. The molecule has 2 saturated heterocycles. The van der Waals surface area contributed by atoms with E-state index in [0.717, 1.165) is 37.2 Å². The third kappa shape index (κ3) is 3.79. The molecule has 134 valence electrons. The number of hydrogen-bond donors (Lipinski definition) is 1. The Labute approximate surface area is 157 Å². The molecular formula is C17H20Cl2N3O3+. The van der Waals surface area contributed by atoms with Gasteiger partial charge in [-0.3, -0.25) is 0 Å². The molecule has 3 aliphatic heterocycles. The first kappa shape index (κ1) is 18.5. The quantitative estimate of drug-likeness (QED) is 0.626. The number of hydrogen-bond acceptors (Lipinski definition) is 4. The lowest BCUT2D eigenvalue weighted by Crippen LogP contribution is -3.05. The number of carbonyl (C=O) groups excluding carboxylic acids is 1. The van der Waals surface area contributed by atoms with Gasteiger partial charge in [0, 0.05) is 30.0 Å². The summed E-state index contributed by atoms with van der Waals surface area (Å²) in [6.45, 7) is 2.95. The molecule has 3 heterocycles. The van der Waals surface area contributed by atoms with Crippen LogP contribution in [0.1, 0.15) is 12.8 Å². The minimum Gasteiger partial charge on any atom is -1.00 e. The Bertz CT molecular complexity index is 690. The second kappa shape index (κ2) is 7.53. The van der Waals surface area contributed by atoms with Gasteiger partial charge in [-0.25, -0.2) is 4.79 Å². The fraction of sp³-hybridized carbons (Fsp3) is 0.412. The van der Waals surface area contributed by atoms with Gasteiger partial charge in [-0.2, -0.15) is 9.68 Å². The first-order valence-electron chi connectivity index (χ1n) is 8.24. The molecule has 1 aromatic rings. The van der Waals surface area contributed by atoms with Gasteiger partial charge >= 0.3 is 5.91 Å². The van der Waals surface area contributed by atoms with Crippen LogP contribution in [0, 0.1) is 5.92 Å². The number of halogens is 2. The molecule has 0 bridgehead atoms. The molecule has 25 heavy (non-hydrogen) atoms. The maximum atomic E-state index is 12.5. The monoisotopic (exact) mass is 384 g/mol. The van der Waals surface area contributed by atoms with Crippen LogP contribution in [0.2, 0.25) is 5.02 Å². The molecular weight excluding hydrogens is 365 g/mol. The number of allylic oxidation sites excluding steroid dienone is 1. The van der Waals surface area contributed by atoms with Crippen molar-refractivity contribution in [1.82, 2.24) is 0 Å². The summed E-state index contributed by atoms with van der Waals surface area (Å²) in [5, 5.41) is 5.54. The third-order valence-electron chi connectivity index (χ3n) is 4.84. The third-order valence-corrected chi connectivity index (χ3v) is 5.09. The second-order valence-electron chi connectivity index (χ2n) is 6.32. The van der Waals surface area contributed by atoms with Crippen molar-refractivity contribution in [3.8, 4) is 0 Å². The summed E-state index contributed by atoms with van der Waals surface area (Å²) >= 11 is 5.90. The molecule has 0 radical (unpaired) electrons. The zero-order valence-corrected chi connectivity index (χ0v) is 15.2. The van der Waals surface area contributed by atoms with Crippen LogP contribution in [0.25, 0.3) is 0 Å². The van der Waals surface area contributed by atoms with Gasteiger partial charge in [0.05, 0.1) is 12.3 Å². The highest BCUT2D eigenvalue weighted by molar-refractivity contribution is 6.30. The van der Waals surface area contributed by atoms with Crippen LogP contribution in [0.5, 0.6) is 0 Å². The summed E-state index contributed by atoms with van der Waals surface area (Å²) in [7, 11) is 0. The Morgan fingerprint density at radius 1 is 1.12 bits per heavy atom. The highest BCUT2D eigenvalue weighted by atomic mass is 35.5. The average molecular weight is 385 g/mol. The van der Waals surface area contributed by atoms with Gasteiger partial charge in [0.15, 0.2) is 5.69 Å². The maximum Gasteiger partial charge on any atom is 0.368 e. The Morgan fingerprint density at radius 2 is 1.76 bits per heavy atom. The van der Waals surface area contributed by atoms with E-state index in [9.17, 15) is 4.79 Å². The highest BCUT2D eigenvalue weighted by Gasteiger charge is 2.43. The van der Waals surface area contributed by atoms with E-state index < -0.39 is 0 Å². The Morgan fingerprint density at radius 3 is 2.36 bits per heavy atom. The van der Waals surface area contributed by atoms with Crippen LogP contribution in [0.4, 0.5) is 5.69 Å². The van der Waals surface area contributed by atoms with Crippen molar-refractivity contribution in [3.05, 3.63) is 40.9 Å². The fourth-order valence-corrected chi connectivity index (χ4v) is 3.63. The summed E-state index contributed by atoms with van der Waals surface area (Å²) < 4.78 is 0. The van der Waals surface area contributed by atoms with E-state index in [4.69, 9.17) is 21.3 Å². The molecule has 3 aliphatic rings. The zero-order chi connectivity index (χ0) is 16.6. The van der Waals surface area contributed by atoms with Crippen LogP contribution >= 0.6 is 11.6 Å². The van der Waals surface area contributed by atoms with E-state index in [-0.39, 0.29) is 18.3 Å². The van der Waals surface area contributed by atoms with Crippen LogP contribution < -0.4 is 17.4 Å². The molecule has 2 fully saturated rings. The summed E-state index contributed by atoms with van der Waals surface area (Å²) in [6.07, 6.45) is 5.42. The van der Waals surface area contributed by atoms with Gasteiger partial charge in [0.2, 0.25) is 0 Å². The van der Waals surface area contributed by atoms with Gasteiger partial charge in [0.25, 0.3) is 0 Å². The molecule has 1 N–H and O–H groups in total. The lowest BCUT2D eigenvalue weighted by atomic mass is 9.89. The molecule has 1 aromatic carbocycles. The molecule has 8 heteroatoms. The predicted molar refractivity (Wildman–Crippen MR) is 88.3 cm³/mol. The summed E-state index contributed by atoms with van der Waals surface area (Å²) in [5.41, 5.74) is 1.80. The van der Waals surface area contributed by atoms with E-state index in [1.54, 1.807) is 18.2 Å². The molecule has 1 unspecified atom stereocenters. The number of piperidine rings is 1. The number of benzene rings is 1. The average Bonchev–Trinajstić information content (AvgIpc) is 3.05. The summed E-state index contributed by atoms with van der Waals surface area (Å²) in [6, 6.07) is 7.18. The molecule has 0 aromatic heterocycles. The van der Waals surface area contributed by atoms with E-state index in [1.165, 1.54) is 0 Å². The van der Waals surface area contributed by atoms with Crippen molar-refractivity contribution < 1.29 is 36.7 Å². The van der Waals surface area contributed by atoms with Gasteiger partial charge in [-0.05, 0) is 28.4 Å². The van der Waals surface area contributed by atoms with Crippen LogP contribution in [-0.2, 0) is 14.5 Å². The minimum absolute atomic E-state index is 0. The van der Waals surface area contributed by atoms with Crippen molar-refractivity contribution >= 4 is 29.4 Å². The van der Waals surface area contributed by atoms with Crippen LogP contribution in [-0.4, -0.2) is 43.2 Å². The maximum absolute atomic E-state index is 12.5. The van der Waals surface area contributed by atoms with Gasteiger partial charge in [-0.15, -0.1) is 5.01 Å². The van der Waals surface area contributed by atoms with Crippen molar-refractivity contribution in [2.75, 3.05) is 26.3 Å². The lowest BCUT2D eigenvalue weighted by molar-refractivity contribution is -1.23.